The molecule has 0 aliphatic heterocycles. The van der Waals surface area contributed by atoms with Crippen LogP contribution in [0.5, 0.6) is 0 Å². The van der Waals surface area contributed by atoms with Crippen LogP contribution < -0.4 is 0 Å². The van der Waals surface area contributed by atoms with Crippen LogP contribution in [-0.2, 0) is 0 Å². The van der Waals surface area contributed by atoms with Gasteiger partial charge in [-0.15, -0.1) is 5.92 Å². The molecule has 1 atom stereocenters. The lowest BCUT2D eigenvalue weighted by Gasteiger charge is -1.98. The summed E-state index contributed by atoms with van der Waals surface area (Å²) in [5.41, 5.74) is 0. The van der Waals surface area contributed by atoms with E-state index in [0.29, 0.717) is 6.42 Å². The van der Waals surface area contributed by atoms with Crippen molar-refractivity contribution in [3.8, 4) is 17.9 Å². The van der Waals surface area contributed by atoms with Gasteiger partial charge in [0.25, 0.3) is 0 Å². The zero-order valence-corrected chi connectivity index (χ0v) is 9.63. The molecule has 0 unspecified atom stereocenters. The Labute approximate surface area is 93.3 Å². The SMILES string of the molecule is CCC[C@H](O)C#CCCCCCCC#N. The highest BCUT2D eigenvalue weighted by atomic mass is 16.3. The highest BCUT2D eigenvalue weighted by molar-refractivity contribution is 5.04. The molecule has 0 aromatic rings. The van der Waals surface area contributed by atoms with Gasteiger partial charge < -0.3 is 5.11 Å². The first-order valence-electron chi connectivity index (χ1n) is 5.84. The summed E-state index contributed by atoms with van der Waals surface area (Å²) in [7, 11) is 0. The largest absolute Gasteiger partial charge is 0.380 e. The molecule has 2 nitrogen and oxygen atoms in total. The second-order valence-electron chi connectivity index (χ2n) is 3.70. The van der Waals surface area contributed by atoms with Gasteiger partial charge in [0.2, 0.25) is 0 Å². The Morgan fingerprint density at radius 2 is 1.80 bits per heavy atom. The van der Waals surface area contributed by atoms with Crippen LogP contribution >= 0.6 is 0 Å². The molecule has 84 valence electrons. The van der Waals surface area contributed by atoms with E-state index >= 15 is 0 Å². The van der Waals surface area contributed by atoms with Crippen LogP contribution in [0.25, 0.3) is 0 Å². The molecule has 0 aliphatic rings. The van der Waals surface area contributed by atoms with Crippen molar-refractivity contribution in [2.24, 2.45) is 0 Å². The van der Waals surface area contributed by atoms with Gasteiger partial charge in [0.15, 0.2) is 0 Å². The van der Waals surface area contributed by atoms with Crippen molar-refractivity contribution in [3.63, 3.8) is 0 Å². The number of rotatable bonds is 7. The van der Waals surface area contributed by atoms with Crippen molar-refractivity contribution < 1.29 is 5.11 Å². The van der Waals surface area contributed by atoms with Crippen LogP contribution in [0.4, 0.5) is 0 Å². The maximum atomic E-state index is 9.31. The minimum atomic E-state index is -0.436. The fourth-order valence-electron chi connectivity index (χ4n) is 1.31. The minimum Gasteiger partial charge on any atom is -0.380 e. The van der Waals surface area contributed by atoms with E-state index in [-0.39, 0.29) is 0 Å². The number of unbranched alkanes of at least 4 members (excludes halogenated alkanes) is 5. The second kappa shape index (κ2) is 11.1. The lowest BCUT2D eigenvalue weighted by molar-refractivity contribution is 0.221. The van der Waals surface area contributed by atoms with Crippen LogP contribution in [0.2, 0.25) is 0 Å². The van der Waals surface area contributed by atoms with E-state index in [2.05, 4.69) is 17.9 Å². The third-order valence-electron chi connectivity index (χ3n) is 2.17. The smallest absolute Gasteiger partial charge is 0.114 e. The predicted molar refractivity (Wildman–Crippen MR) is 62.0 cm³/mol. The monoisotopic (exact) mass is 207 g/mol. The summed E-state index contributed by atoms with van der Waals surface area (Å²) in [6.45, 7) is 2.04. The molecule has 0 heterocycles. The Morgan fingerprint density at radius 3 is 2.40 bits per heavy atom. The van der Waals surface area contributed by atoms with E-state index in [1.54, 1.807) is 0 Å². The summed E-state index contributed by atoms with van der Waals surface area (Å²) >= 11 is 0. The minimum absolute atomic E-state index is 0.436. The maximum Gasteiger partial charge on any atom is 0.114 e. The molecular weight excluding hydrogens is 186 g/mol. The molecule has 0 spiro atoms. The van der Waals surface area contributed by atoms with Crippen molar-refractivity contribution in [2.75, 3.05) is 0 Å². The third kappa shape index (κ3) is 10.9. The average Bonchev–Trinajstić information content (AvgIpc) is 2.22. The first kappa shape index (κ1) is 14.0. The van der Waals surface area contributed by atoms with Crippen LogP contribution in [-0.4, -0.2) is 11.2 Å². The van der Waals surface area contributed by atoms with Crippen molar-refractivity contribution in [2.45, 2.75) is 64.4 Å². The number of hydrogen-bond acceptors (Lipinski definition) is 2. The molecule has 0 fully saturated rings. The molecule has 0 aromatic carbocycles. The number of aliphatic hydroxyl groups excluding tert-OH is 1. The molecule has 0 radical (unpaired) electrons. The Bertz CT molecular complexity index is 231. The Morgan fingerprint density at radius 1 is 1.13 bits per heavy atom. The topological polar surface area (TPSA) is 44.0 Å². The molecule has 15 heavy (non-hydrogen) atoms. The number of nitriles is 1. The Balaban J connectivity index is 3.26. The standard InChI is InChI=1S/C13H21NO/c1-2-10-13(15)11-8-6-4-3-5-7-9-12-14/h13,15H,2-7,9-10H2,1H3/t13-/m0/s1. The lowest BCUT2D eigenvalue weighted by atomic mass is 10.1. The normalized spacial score (nSPS) is 11.3. The number of nitrogens with zero attached hydrogens (tertiary/aromatic N) is 1. The third-order valence-corrected chi connectivity index (χ3v) is 2.17. The molecule has 2 heteroatoms. The van der Waals surface area contributed by atoms with Gasteiger partial charge in [-0.05, 0) is 19.3 Å². The summed E-state index contributed by atoms with van der Waals surface area (Å²) < 4.78 is 0. The van der Waals surface area contributed by atoms with Crippen LogP contribution in [0.3, 0.4) is 0 Å². The summed E-state index contributed by atoms with van der Waals surface area (Å²) in [6.07, 6.45) is 7.19. The van der Waals surface area contributed by atoms with Crippen LogP contribution in [0.15, 0.2) is 0 Å². The van der Waals surface area contributed by atoms with Gasteiger partial charge in [-0.25, -0.2) is 0 Å². The summed E-state index contributed by atoms with van der Waals surface area (Å²) in [5, 5.41) is 17.6. The van der Waals surface area contributed by atoms with Gasteiger partial charge in [-0.3, -0.25) is 0 Å². The van der Waals surface area contributed by atoms with Gasteiger partial charge >= 0.3 is 0 Å². The summed E-state index contributed by atoms with van der Waals surface area (Å²) in [6, 6.07) is 2.14. The fourth-order valence-corrected chi connectivity index (χ4v) is 1.31. The first-order valence-corrected chi connectivity index (χ1v) is 5.84. The maximum absolute atomic E-state index is 9.31. The molecule has 0 rings (SSSR count). The fraction of sp³-hybridized carbons (Fsp3) is 0.769. The summed E-state index contributed by atoms with van der Waals surface area (Å²) in [4.78, 5) is 0. The zero-order valence-electron chi connectivity index (χ0n) is 9.63. The van der Waals surface area contributed by atoms with Crippen molar-refractivity contribution >= 4 is 0 Å². The number of hydrogen-bond donors (Lipinski definition) is 1. The molecular formula is C13H21NO. The highest BCUT2D eigenvalue weighted by Crippen LogP contribution is 2.04. The molecule has 0 amide bonds. The Hall–Kier alpha value is -0.990. The van der Waals surface area contributed by atoms with Gasteiger partial charge in [0.1, 0.15) is 6.10 Å². The quantitative estimate of drug-likeness (QED) is 0.515. The Kier molecular flexibility index (Phi) is 10.4. The van der Waals surface area contributed by atoms with E-state index in [4.69, 9.17) is 5.26 Å². The van der Waals surface area contributed by atoms with E-state index in [9.17, 15) is 5.11 Å². The van der Waals surface area contributed by atoms with Crippen molar-refractivity contribution in [3.05, 3.63) is 0 Å². The van der Waals surface area contributed by atoms with Crippen molar-refractivity contribution in [1.29, 1.82) is 5.26 Å². The lowest BCUT2D eigenvalue weighted by Crippen LogP contribution is -2.00. The predicted octanol–water partition coefficient (Wildman–Crippen LogP) is 3.01. The van der Waals surface area contributed by atoms with E-state index in [1.807, 2.05) is 6.92 Å². The van der Waals surface area contributed by atoms with E-state index in [0.717, 1.165) is 44.9 Å². The van der Waals surface area contributed by atoms with Gasteiger partial charge in [-0.2, -0.15) is 5.26 Å². The molecule has 0 bridgehead atoms. The van der Waals surface area contributed by atoms with E-state index < -0.39 is 6.10 Å². The average molecular weight is 207 g/mol. The van der Waals surface area contributed by atoms with Gasteiger partial charge in [0.05, 0.1) is 6.07 Å². The summed E-state index contributed by atoms with van der Waals surface area (Å²) in [5.74, 6) is 5.83. The molecule has 0 aliphatic carbocycles. The van der Waals surface area contributed by atoms with Crippen LogP contribution in [0.1, 0.15) is 58.3 Å². The van der Waals surface area contributed by atoms with E-state index in [1.165, 1.54) is 0 Å². The number of aliphatic hydroxyl groups is 1. The van der Waals surface area contributed by atoms with Crippen molar-refractivity contribution in [1.82, 2.24) is 0 Å². The zero-order chi connectivity index (χ0) is 11.4. The van der Waals surface area contributed by atoms with Crippen LogP contribution in [0, 0.1) is 23.2 Å². The van der Waals surface area contributed by atoms with Gasteiger partial charge in [-0.1, -0.05) is 32.1 Å². The highest BCUT2D eigenvalue weighted by Gasteiger charge is 1.94. The molecule has 0 saturated heterocycles. The first-order chi connectivity index (χ1) is 7.31. The molecule has 0 aromatic heterocycles. The van der Waals surface area contributed by atoms with Gasteiger partial charge in [0, 0.05) is 12.8 Å². The second-order valence-corrected chi connectivity index (χ2v) is 3.70. The molecule has 0 saturated carbocycles. The molecule has 1 N–H and O–H groups in total.